The number of unbranched alkanes of at least 4 members (excludes halogenated alkanes) is 5. The van der Waals surface area contributed by atoms with E-state index in [-0.39, 0.29) is 6.10 Å². The lowest BCUT2D eigenvalue weighted by molar-refractivity contribution is 0.0857. The molecule has 0 amide bonds. The van der Waals surface area contributed by atoms with Crippen LogP contribution in [0, 0.1) is 11.8 Å². The van der Waals surface area contributed by atoms with Crippen LogP contribution in [0.1, 0.15) is 80.2 Å². The molecule has 0 N–H and O–H groups in total. The Balaban J connectivity index is 1.15. The van der Waals surface area contributed by atoms with Crippen LogP contribution in [0.2, 0.25) is 5.02 Å². The summed E-state index contributed by atoms with van der Waals surface area (Å²) >= 11 is 6.00. The van der Waals surface area contributed by atoms with Gasteiger partial charge in [-0.2, -0.15) is 0 Å². The number of oxime groups is 1. The Hall–Kier alpha value is -3.74. The Morgan fingerprint density at radius 3 is 2.31 bits per heavy atom. The molecule has 0 bridgehead atoms. The van der Waals surface area contributed by atoms with Gasteiger partial charge in [0, 0.05) is 22.6 Å². The minimum atomic E-state index is -0.0763. The second kappa shape index (κ2) is 13.4. The Morgan fingerprint density at radius 1 is 0.795 bits per heavy atom. The van der Waals surface area contributed by atoms with Crippen LogP contribution >= 0.6 is 11.6 Å². The number of benzene rings is 4. The Bertz CT molecular complexity index is 1480. The predicted molar refractivity (Wildman–Crippen MR) is 162 cm³/mol. The lowest BCUT2D eigenvalue weighted by atomic mass is 9.99. The highest BCUT2D eigenvalue weighted by molar-refractivity contribution is 6.30. The molecule has 1 aliphatic rings. The Morgan fingerprint density at radius 2 is 1.49 bits per heavy atom. The highest BCUT2D eigenvalue weighted by atomic mass is 35.5. The fourth-order valence-corrected chi connectivity index (χ4v) is 4.88. The van der Waals surface area contributed by atoms with Crippen LogP contribution < -0.4 is 4.74 Å². The molecule has 4 aromatic carbocycles. The standard InChI is InChI=1S/C35H34ClNO2/c1-2-3-4-5-6-7-22-38-33-21-18-30-23-27(12-15-31(30)24-33)9-8-26-10-13-28(14-11-26)34-25-35(39-37-34)29-16-19-32(36)20-17-29/h10-21,23-24,35H,2-7,22,25H2,1H3. The van der Waals surface area contributed by atoms with Gasteiger partial charge in [0.15, 0.2) is 6.10 Å². The van der Waals surface area contributed by atoms with Crippen molar-refractivity contribution in [2.24, 2.45) is 5.16 Å². The SMILES string of the molecule is CCCCCCCCOc1ccc2cc(C#Cc3ccc(C4=NOC(c5ccc(Cl)cc5)C4)cc3)ccc2c1. The van der Waals surface area contributed by atoms with E-state index in [4.69, 9.17) is 21.2 Å². The number of hydrogen-bond acceptors (Lipinski definition) is 3. The lowest BCUT2D eigenvalue weighted by Crippen LogP contribution is -2.01. The van der Waals surface area contributed by atoms with E-state index in [0.29, 0.717) is 0 Å². The van der Waals surface area contributed by atoms with Crippen molar-refractivity contribution < 1.29 is 9.57 Å². The van der Waals surface area contributed by atoms with Gasteiger partial charge in [0.1, 0.15) is 5.75 Å². The van der Waals surface area contributed by atoms with Gasteiger partial charge in [-0.05, 0) is 76.9 Å². The van der Waals surface area contributed by atoms with E-state index in [1.54, 1.807) is 0 Å². The van der Waals surface area contributed by atoms with Crippen molar-refractivity contribution >= 4 is 28.1 Å². The van der Waals surface area contributed by atoms with Crippen LogP contribution in [0.5, 0.6) is 5.75 Å². The largest absolute Gasteiger partial charge is 0.494 e. The van der Waals surface area contributed by atoms with E-state index in [2.05, 4.69) is 72.5 Å². The molecule has 0 saturated carbocycles. The van der Waals surface area contributed by atoms with Gasteiger partial charge < -0.3 is 9.57 Å². The maximum atomic E-state index is 6.00. The molecule has 0 aliphatic carbocycles. The van der Waals surface area contributed by atoms with Gasteiger partial charge in [-0.25, -0.2) is 0 Å². The fraction of sp³-hybridized carbons (Fsp3) is 0.286. The quantitative estimate of drug-likeness (QED) is 0.149. The summed E-state index contributed by atoms with van der Waals surface area (Å²) in [6.07, 6.45) is 8.27. The second-order valence-electron chi connectivity index (χ2n) is 10.1. The number of ether oxygens (including phenoxy) is 1. The van der Waals surface area contributed by atoms with E-state index < -0.39 is 0 Å². The second-order valence-corrected chi connectivity index (χ2v) is 10.5. The summed E-state index contributed by atoms with van der Waals surface area (Å²) in [6, 6.07) is 28.5. The highest BCUT2D eigenvalue weighted by Gasteiger charge is 2.23. The zero-order valence-electron chi connectivity index (χ0n) is 22.5. The topological polar surface area (TPSA) is 30.8 Å². The van der Waals surface area contributed by atoms with Crippen LogP contribution in [0.15, 0.2) is 90.1 Å². The summed E-state index contributed by atoms with van der Waals surface area (Å²) < 4.78 is 5.99. The van der Waals surface area contributed by atoms with Crippen LogP contribution in [0.25, 0.3) is 10.8 Å². The fourth-order valence-electron chi connectivity index (χ4n) is 4.76. The zero-order valence-corrected chi connectivity index (χ0v) is 23.2. The van der Waals surface area contributed by atoms with Crippen molar-refractivity contribution in [3.8, 4) is 17.6 Å². The molecule has 0 aromatic heterocycles. The van der Waals surface area contributed by atoms with Gasteiger partial charge in [-0.15, -0.1) is 0 Å². The van der Waals surface area contributed by atoms with Crippen molar-refractivity contribution in [1.82, 2.24) is 0 Å². The molecular weight excluding hydrogens is 502 g/mol. The number of halogens is 1. The average molecular weight is 536 g/mol. The van der Waals surface area contributed by atoms with Gasteiger partial charge in [0.05, 0.1) is 12.3 Å². The Kier molecular flexibility index (Phi) is 9.20. The molecule has 5 rings (SSSR count). The molecule has 0 saturated heterocycles. The first-order valence-corrected chi connectivity index (χ1v) is 14.3. The summed E-state index contributed by atoms with van der Waals surface area (Å²) in [5, 5.41) is 7.37. The van der Waals surface area contributed by atoms with Crippen molar-refractivity contribution in [3.05, 3.63) is 112 Å². The minimum Gasteiger partial charge on any atom is -0.494 e. The predicted octanol–water partition coefficient (Wildman–Crippen LogP) is 9.50. The number of fused-ring (bicyclic) bond motifs is 1. The first-order chi connectivity index (χ1) is 19.2. The smallest absolute Gasteiger partial charge is 0.158 e. The molecule has 4 aromatic rings. The monoisotopic (exact) mass is 535 g/mol. The molecule has 39 heavy (non-hydrogen) atoms. The maximum absolute atomic E-state index is 6.00. The summed E-state index contributed by atoms with van der Waals surface area (Å²) in [4.78, 5) is 5.67. The maximum Gasteiger partial charge on any atom is 0.158 e. The molecule has 1 heterocycles. The van der Waals surface area contributed by atoms with Gasteiger partial charge in [-0.3, -0.25) is 0 Å². The normalized spacial score (nSPS) is 14.4. The molecular formula is C35H34ClNO2. The molecule has 0 fully saturated rings. The van der Waals surface area contributed by atoms with Crippen LogP contribution in [-0.2, 0) is 4.84 Å². The Labute approximate surface area is 236 Å². The highest BCUT2D eigenvalue weighted by Crippen LogP contribution is 2.30. The van der Waals surface area contributed by atoms with Crippen molar-refractivity contribution in [2.75, 3.05) is 6.61 Å². The summed E-state index contributed by atoms with van der Waals surface area (Å²) in [7, 11) is 0. The lowest BCUT2D eigenvalue weighted by Gasteiger charge is -2.08. The third kappa shape index (κ3) is 7.43. The van der Waals surface area contributed by atoms with Crippen molar-refractivity contribution in [1.29, 1.82) is 0 Å². The summed E-state index contributed by atoms with van der Waals surface area (Å²) in [5.41, 5.74) is 5.03. The van der Waals surface area contributed by atoms with E-state index in [9.17, 15) is 0 Å². The number of rotatable bonds is 10. The molecule has 4 heteroatoms. The first kappa shape index (κ1) is 26.9. The van der Waals surface area contributed by atoms with Crippen molar-refractivity contribution in [2.45, 2.75) is 58.0 Å². The van der Waals surface area contributed by atoms with Gasteiger partial charge in [-0.1, -0.05) is 104 Å². The van der Waals surface area contributed by atoms with E-state index in [1.807, 2.05) is 36.4 Å². The van der Waals surface area contributed by atoms with E-state index in [0.717, 1.165) is 58.2 Å². The van der Waals surface area contributed by atoms with Gasteiger partial charge in [0.2, 0.25) is 0 Å². The van der Waals surface area contributed by atoms with Crippen LogP contribution in [-0.4, -0.2) is 12.3 Å². The third-order valence-corrected chi connectivity index (χ3v) is 7.31. The molecule has 0 spiro atoms. The molecule has 1 unspecified atom stereocenters. The molecule has 3 nitrogen and oxygen atoms in total. The minimum absolute atomic E-state index is 0.0763. The summed E-state index contributed by atoms with van der Waals surface area (Å²) in [6.45, 7) is 3.03. The number of hydrogen-bond donors (Lipinski definition) is 0. The third-order valence-electron chi connectivity index (χ3n) is 7.06. The van der Waals surface area contributed by atoms with E-state index >= 15 is 0 Å². The molecule has 198 valence electrons. The van der Waals surface area contributed by atoms with Crippen LogP contribution in [0.3, 0.4) is 0 Å². The zero-order chi connectivity index (χ0) is 26.9. The van der Waals surface area contributed by atoms with Gasteiger partial charge >= 0.3 is 0 Å². The summed E-state index contributed by atoms with van der Waals surface area (Å²) in [5.74, 6) is 7.53. The molecule has 1 aliphatic heterocycles. The number of nitrogens with zero attached hydrogens (tertiary/aromatic N) is 1. The average Bonchev–Trinajstić information content (AvgIpc) is 3.46. The molecule has 1 atom stereocenters. The van der Waals surface area contributed by atoms with Crippen molar-refractivity contribution in [3.63, 3.8) is 0 Å². The van der Waals surface area contributed by atoms with Crippen LogP contribution in [0.4, 0.5) is 0 Å². The first-order valence-electron chi connectivity index (χ1n) is 14.0. The van der Waals surface area contributed by atoms with E-state index in [1.165, 1.54) is 42.9 Å². The van der Waals surface area contributed by atoms with Gasteiger partial charge in [0.25, 0.3) is 0 Å². The molecule has 0 radical (unpaired) electrons.